The first-order chi connectivity index (χ1) is 34.6. The molecule has 0 aliphatic carbocycles. The second kappa shape index (κ2) is 14.6. The van der Waals surface area contributed by atoms with Gasteiger partial charge in [-0.05, 0) is 110 Å². The van der Waals surface area contributed by atoms with Crippen molar-refractivity contribution >= 4 is 11.0 Å². The van der Waals surface area contributed by atoms with Crippen LogP contribution >= 0.6 is 0 Å². The van der Waals surface area contributed by atoms with Gasteiger partial charge < -0.3 is 5.11 Å². The third kappa shape index (κ3) is 7.47. The summed E-state index contributed by atoms with van der Waals surface area (Å²) in [6.07, 6.45) is -0.607. The zero-order valence-electron chi connectivity index (χ0n) is 50.1. The van der Waals surface area contributed by atoms with E-state index < -0.39 is 96.7 Å². The van der Waals surface area contributed by atoms with E-state index in [1.807, 2.05) is 75.4 Å². The van der Waals surface area contributed by atoms with Gasteiger partial charge in [-0.25, -0.2) is 4.98 Å². The number of hydrogen-bond donors (Lipinski definition) is 1. The Kier molecular flexibility index (Phi) is 5.84. The standard InChI is InChI=1S/C54H53N3O/c1-52(2,3)40-23-25-47(44(33-40)36-19-14-11-15-20-36)57-48-22-16-21-43(50(48)56-51(57)45-34-41(53(4,5)6)24-26-49(45)58)38-29-39(31-42(30-38)54(7,8)9)46-32-37(27-28-55-46)35-17-12-10-13-18-35/h10-34,58H,1-9H3/i4D3,5D3,6D3,10D,12D,13D,17D,18D,27D,28D,32D. The third-order valence-electron chi connectivity index (χ3n) is 10.3. The lowest BCUT2D eigenvalue weighted by molar-refractivity contribution is 0.475. The molecular formula is C54H53N3O. The average Bonchev–Trinajstić information content (AvgIpc) is 3.70. The first-order valence-electron chi connectivity index (χ1n) is 27.4. The van der Waals surface area contributed by atoms with Crippen LogP contribution in [0.4, 0.5) is 0 Å². The third-order valence-corrected chi connectivity index (χ3v) is 10.3. The Morgan fingerprint density at radius 2 is 1.26 bits per heavy atom. The van der Waals surface area contributed by atoms with Gasteiger partial charge in [0.05, 0.1) is 38.9 Å². The number of imidazole rings is 1. The number of nitrogens with zero attached hydrogens (tertiary/aromatic N) is 3. The fraction of sp³-hybridized carbons (Fsp3) is 0.222. The molecular weight excluding hydrogens is 707 g/mol. The van der Waals surface area contributed by atoms with E-state index in [0.717, 1.165) is 34.9 Å². The van der Waals surface area contributed by atoms with Gasteiger partial charge in [0.25, 0.3) is 0 Å². The highest BCUT2D eigenvalue weighted by molar-refractivity contribution is 5.97. The summed E-state index contributed by atoms with van der Waals surface area (Å²) in [5.74, 6) is -0.478. The number of phenols is 1. The van der Waals surface area contributed by atoms with Gasteiger partial charge in [-0.1, -0.05) is 153 Å². The second-order valence-corrected chi connectivity index (χ2v) is 16.5. The summed E-state index contributed by atoms with van der Waals surface area (Å²) in [4.78, 5) is 9.62. The van der Waals surface area contributed by atoms with Gasteiger partial charge in [-0.3, -0.25) is 9.55 Å². The molecule has 0 spiro atoms. The molecule has 6 aromatic carbocycles. The van der Waals surface area contributed by atoms with Crippen molar-refractivity contribution in [3.63, 3.8) is 0 Å². The number of hydrogen-bond acceptors (Lipinski definition) is 3. The summed E-state index contributed by atoms with van der Waals surface area (Å²) >= 11 is 0. The molecule has 0 saturated carbocycles. The molecule has 8 aromatic rings. The van der Waals surface area contributed by atoms with Crippen LogP contribution in [0.1, 0.15) is 102 Å². The summed E-state index contributed by atoms with van der Waals surface area (Å²) < 4.78 is 148. The molecule has 0 bridgehead atoms. The molecule has 0 aliphatic rings. The molecule has 0 amide bonds. The van der Waals surface area contributed by atoms with Crippen LogP contribution < -0.4 is 0 Å². The highest BCUT2D eigenvalue weighted by Gasteiger charge is 2.26. The molecule has 0 saturated heterocycles. The number of fused-ring (bicyclic) bond motifs is 1. The molecule has 4 heteroatoms. The van der Waals surface area contributed by atoms with Crippen LogP contribution in [0.3, 0.4) is 0 Å². The monoisotopic (exact) mass is 777 g/mol. The lowest BCUT2D eigenvalue weighted by atomic mass is 9.83. The molecule has 0 atom stereocenters. The predicted octanol–water partition coefficient (Wildman–Crippen LogP) is 14.4. The van der Waals surface area contributed by atoms with Gasteiger partial charge in [0.1, 0.15) is 11.6 Å². The molecule has 290 valence electrons. The lowest BCUT2D eigenvalue weighted by Gasteiger charge is -2.23. The van der Waals surface area contributed by atoms with Crippen molar-refractivity contribution in [2.24, 2.45) is 0 Å². The molecule has 0 aliphatic heterocycles. The van der Waals surface area contributed by atoms with Crippen molar-refractivity contribution in [2.75, 3.05) is 0 Å². The van der Waals surface area contributed by atoms with E-state index in [2.05, 4.69) is 25.8 Å². The number of rotatable bonds is 6. The van der Waals surface area contributed by atoms with Gasteiger partial charge in [0.15, 0.2) is 0 Å². The first-order valence-corrected chi connectivity index (χ1v) is 18.9. The van der Waals surface area contributed by atoms with Gasteiger partial charge in [0.2, 0.25) is 0 Å². The van der Waals surface area contributed by atoms with E-state index in [1.165, 1.54) is 0 Å². The highest BCUT2D eigenvalue weighted by Crippen LogP contribution is 2.43. The molecule has 2 aromatic heterocycles. The quantitative estimate of drug-likeness (QED) is 0.183. The largest absolute Gasteiger partial charge is 0.507 e. The van der Waals surface area contributed by atoms with Gasteiger partial charge in [-0.2, -0.15) is 0 Å². The molecule has 4 nitrogen and oxygen atoms in total. The minimum absolute atomic E-state index is 0.0107. The smallest absolute Gasteiger partial charge is 0.149 e. The van der Waals surface area contributed by atoms with Crippen LogP contribution in [-0.4, -0.2) is 19.6 Å². The van der Waals surface area contributed by atoms with E-state index in [1.54, 1.807) is 34.9 Å². The number of benzene rings is 6. The topological polar surface area (TPSA) is 50.9 Å². The Hall–Kier alpha value is -6.26. The first kappa shape index (κ1) is 23.2. The molecule has 0 fully saturated rings. The maximum absolute atomic E-state index is 11.9. The summed E-state index contributed by atoms with van der Waals surface area (Å²) in [5.41, 5.74) is -0.280. The van der Waals surface area contributed by atoms with Gasteiger partial charge in [0, 0.05) is 35.2 Å². The van der Waals surface area contributed by atoms with Crippen molar-refractivity contribution < 1.29 is 28.4 Å². The molecule has 1 N–H and O–H groups in total. The van der Waals surface area contributed by atoms with Crippen LogP contribution in [0.25, 0.3) is 72.7 Å². The number of aromatic hydroxyl groups is 1. The summed E-state index contributed by atoms with van der Waals surface area (Å²) in [7, 11) is 0. The minimum atomic E-state index is -3.62. The Bertz CT molecular complexity index is 3520. The van der Waals surface area contributed by atoms with Crippen molar-refractivity contribution in [2.45, 2.75) is 78.3 Å². The van der Waals surface area contributed by atoms with Crippen molar-refractivity contribution in [3.05, 3.63) is 168 Å². The number of phenolic OH excluding ortho intramolecular Hbond substituents is 1. The Morgan fingerprint density at radius 1 is 0.569 bits per heavy atom. The fourth-order valence-corrected chi connectivity index (χ4v) is 7.06. The zero-order valence-corrected chi connectivity index (χ0v) is 33.1. The zero-order chi connectivity index (χ0) is 55.4. The summed E-state index contributed by atoms with van der Waals surface area (Å²) in [6.45, 7) is 1.23. The maximum atomic E-state index is 11.9. The van der Waals surface area contributed by atoms with Crippen molar-refractivity contribution in [3.8, 4) is 67.5 Å². The van der Waals surface area contributed by atoms with E-state index in [9.17, 15) is 6.48 Å². The predicted molar refractivity (Wildman–Crippen MR) is 244 cm³/mol. The fourth-order valence-electron chi connectivity index (χ4n) is 7.06. The SMILES string of the molecule is [2H]c1nc(-c2cc(-c3cccc4c3nc(-c3cc(C(C([2H])([2H])[2H])(C([2H])([2H])[2H])C([2H])([2H])[2H])ccc3O)n4-c3ccc(C(C)(C)C)cc3-c3ccccc3)cc(C(C)(C)C)c2)c([2H])c(-c2c([2H])c([2H])c([2H])c([2H])c2[2H])c1[2H]. The van der Waals surface area contributed by atoms with Crippen LogP contribution in [0.5, 0.6) is 5.75 Å². The van der Waals surface area contributed by atoms with E-state index in [4.69, 9.17) is 26.9 Å². The molecule has 0 unspecified atom stereocenters. The summed E-state index contributed by atoms with van der Waals surface area (Å²) in [5, 5.41) is 11.9. The number of aromatic nitrogens is 3. The van der Waals surface area contributed by atoms with Crippen LogP contribution in [-0.2, 0) is 16.2 Å². The molecule has 58 heavy (non-hydrogen) atoms. The van der Waals surface area contributed by atoms with E-state index in [0.29, 0.717) is 33.4 Å². The second-order valence-electron chi connectivity index (χ2n) is 16.5. The van der Waals surface area contributed by atoms with Crippen molar-refractivity contribution in [1.29, 1.82) is 0 Å². The minimum Gasteiger partial charge on any atom is -0.507 e. The van der Waals surface area contributed by atoms with Crippen LogP contribution in [0.2, 0.25) is 0 Å². The highest BCUT2D eigenvalue weighted by atomic mass is 16.3. The van der Waals surface area contributed by atoms with Gasteiger partial charge in [-0.15, -0.1) is 0 Å². The Morgan fingerprint density at radius 3 is 1.98 bits per heavy atom. The molecule has 0 radical (unpaired) electrons. The Balaban J connectivity index is 1.50. The average molecular weight is 777 g/mol. The maximum Gasteiger partial charge on any atom is 0.149 e. The van der Waals surface area contributed by atoms with Crippen LogP contribution in [0.15, 0.2) is 152 Å². The van der Waals surface area contributed by atoms with E-state index in [-0.39, 0.29) is 33.6 Å². The lowest BCUT2D eigenvalue weighted by Crippen LogP contribution is -2.12. The van der Waals surface area contributed by atoms with Crippen molar-refractivity contribution in [1.82, 2.24) is 14.5 Å². The van der Waals surface area contributed by atoms with E-state index >= 15 is 0 Å². The van der Waals surface area contributed by atoms with Gasteiger partial charge >= 0.3 is 0 Å². The van der Waals surface area contributed by atoms with Crippen LogP contribution in [0, 0.1) is 0 Å². The summed E-state index contributed by atoms with van der Waals surface area (Å²) in [6, 6.07) is 24.8. The Labute approximate surface area is 367 Å². The molecule has 2 heterocycles. The molecule has 8 rings (SSSR count). The number of pyridine rings is 1. The normalized spacial score (nSPS) is 17.2. The number of para-hydroxylation sites is 1.